The second-order valence-electron chi connectivity index (χ2n) is 6.67. The van der Waals surface area contributed by atoms with E-state index in [-0.39, 0.29) is 12.7 Å². The minimum atomic E-state index is -0.175. The first-order chi connectivity index (χ1) is 14.6. The van der Waals surface area contributed by atoms with Crippen molar-refractivity contribution in [2.75, 3.05) is 25.4 Å². The molecule has 1 fully saturated rings. The number of nitrogens with zero attached hydrogens (tertiary/aromatic N) is 1. The molecule has 2 aliphatic rings. The molecule has 30 heavy (non-hydrogen) atoms. The van der Waals surface area contributed by atoms with Crippen LogP contribution < -0.4 is 23.8 Å². The smallest absolute Gasteiger partial charge is 0.270 e. The number of unbranched alkanes of at least 4 members (excludes halogenated alkanes) is 1. The van der Waals surface area contributed by atoms with Gasteiger partial charge >= 0.3 is 0 Å². The van der Waals surface area contributed by atoms with Gasteiger partial charge in [-0.05, 0) is 42.3 Å². The Kier molecular flexibility index (Phi) is 6.15. The van der Waals surface area contributed by atoms with Crippen LogP contribution in [0.4, 0.5) is 5.69 Å². The summed E-state index contributed by atoms with van der Waals surface area (Å²) in [7, 11) is 1.60. The van der Waals surface area contributed by atoms with E-state index < -0.39 is 0 Å². The zero-order valence-corrected chi connectivity index (χ0v) is 18.3. The topological polar surface area (TPSA) is 57.2 Å². The maximum absolute atomic E-state index is 13.0. The number of hydrogen-bond acceptors (Lipinski definition) is 7. The highest BCUT2D eigenvalue weighted by atomic mass is 32.2. The van der Waals surface area contributed by atoms with Crippen molar-refractivity contribution < 1.29 is 23.7 Å². The summed E-state index contributed by atoms with van der Waals surface area (Å²) in [6.07, 6.45) is 3.85. The van der Waals surface area contributed by atoms with E-state index in [1.54, 1.807) is 25.3 Å². The number of benzene rings is 2. The normalized spacial score (nSPS) is 16.5. The first-order valence-corrected chi connectivity index (χ1v) is 10.8. The first-order valence-electron chi connectivity index (χ1n) is 9.59. The zero-order chi connectivity index (χ0) is 21.1. The predicted octanol–water partition coefficient (Wildman–Crippen LogP) is 5.01. The molecule has 2 aromatic rings. The van der Waals surface area contributed by atoms with Crippen molar-refractivity contribution in [3.8, 4) is 23.0 Å². The van der Waals surface area contributed by atoms with Crippen LogP contribution in [0.2, 0.25) is 0 Å². The maximum Gasteiger partial charge on any atom is 0.270 e. The molecule has 2 aliphatic heterocycles. The Balaban J connectivity index is 1.56. The Labute approximate surface area is 184 Å². The van der Waals surface area contributed by atoms with Gasteiger partial charge in [-0.2, -0.15) is 0 Å². The molecule has 0 atom stereocenters. The molecule has 0 aromatic heterocycles. The molecule has 0 spiro atoms. The molecule has 2 aromatic carbocycles. The Morgan fingerprint density at radius 3 is 2.80 bits per heavy atom. The van der Waals surface area contributed by atoms with E-state index in [0.29, 0.717) is 44.5 Å². The van der Waals surface area contributed by atoms with E-state index in [1.807, 2.05) is 24.3 Å². The fourth-order valence-electron chi connectivity index (χ4n) is 3.09. The van der Waals surface area contributed by atoms with Gasteiger partial charge in [0.1, 0.15) is 0 Å². The number of anilines is 1. The largest absolute Gasteiger partial charge is 0.493 e. The molecule has 8 heteroatoms. The third kappa shape index (κ3) is 4.11. The average Bonchev–Trinajstić information content (AvgIpc) is 3.32. The Morgan fingerprint density at radius 2 is 2.00 bits per heavy atom. The number of methoxy groups -OCH3 is 1. The molecule has 0 aliphatic carbocycles. The Morgan fingerprint density at radius 1 is 1.17 bits per heavy atom. The highest BCUT2D eigenvalue weighted by molar-refractivity contribution is 8.27. The third-order valence-corrected chi connectivity index (χ3v) is 5.95. The molecule has 1 saturated heterocycles. The van der Waals surface area contributed by atoms with Gasteiger partial charge in [0.15, 0.2) is 27.3 Å². The minimum absolute atomic E-state index is 0.175. The number of rotatable bonds is 7. The SMILES string of the molecule is CCCCOc1ccc(C=C2SC(=S)N(c3ccc4c(c3)OCO4)C2=O)cc1OC. The van der Waals surface area contributed by atoms with Crippen molar-refractivity contribution in [1.29, 1.82) is 0 Å². The fourth-order valence-corrected chi connectivity index (χ4v) is 4.38. The lowest BCUT2D eigenvalue weighted by Gasteiger charge is -2.14. The highest BCUT2D eigenvalue weighted by Crippen LogP contribution is 2.41. The summed E-state index contributed by atoms with van der Waals surface area (Å²) in [4.78, 5) is 15.1. The van der Waals surface area contributed by atoms with Crippen LogP contribution >= 0.6 is 24.0 Å². The number of carbonyl (C=O) groups is 1. The molecule has 0 saturated carbocycles. The lowest BCUT2D eigenvalue weighted by molar-refractivity contribution is -0.113. The molecule has 4 rings (SSSR count). The zero-order valence-electron chi connectivity index (χ0n) is 16.7. The van der Waals surface area contributed by atoms with Crippen molar-refractivity contribution in [3.63, 3.8) is 0 Å². The van der Waals surface area contributed by atoms with Gasteiger partial charge in [-0.1, -0.05) is 43.4 Å². The average molecular weight is 444 g/mol. The van der Waals surface area contributed by atoms with Gasteiger partial charge in [0.2, 0.25) is 6.79 Å². The highest BCUT2D eigenvalue weighted by Gasteiger charge is 2.34. The van der Waals surface area contributed by atoms with Gasteiger partial charge in [-0.25, -0.2) is 0 Å². The second kappa shape index (κ2) is 8.97. The van der Waals surface area contributed by atoms with Crippen LogP contribution in [0.1, 0.15) is 25.3 Å². The number of thioether (sulfide) groups is 1. The molecule has 6 nitrogen and oxygen atoms in total. The van der Waals surface area contributed by atoms with Gasteiger partial charge < -0.3 is 18.9 Å². The fraction of sp³-hybridized carbons (Fsp3) is 0.273. The summed E-state index contributed by atoms with van der Waals surface area (Å²) in [5.41, 5.74) is 1.49. The molecular formula is C22H21NO5S2. The molecular weight excluding hydrogens is 422 g/mol. The molecule has 156 valence electrons. The van der Waals surface area contributed by atoms with Crippen LogP contribution in [0.3, 0.4) is 0 Å². The number of hydrogen-bond donors (Lipinski definition) is 0. The molecule has 2 heterocycles. The molecule has 0 N–H and O–H groups in total. The van der Waals surface area contributed by atoms with Crippen LogP contribution in [-0.2, 0) is 4.79 Å². The second-order valence-corrected chi connectivity index (χ2v) is 8.34. The maximum atomic E-state index is 13.0. The van der Waals surface area contributed by atoms with E-state index in [1.165, 1.54) is 16.7 Å². The summed E-state index contributed by atoms with van der Waals surface area (Å²) in [6.45, 7) is 2.93. The number of thiocarbonyl (C=S) groups is 1. The van der Waals surface area contributed by atoms with Gasteiger partial charge in [0.05, 0.1) is 24.3 Å². The molecule has 0 radical (unpaired) electrons. The van der Waals surface area contributed by atoms with Crippen LogP contribution in [-0.4, -0.2) is 30.7 Å². The number of amides is 1. The standard InChI is InChI=1S/C22H21NO5S2/c1-3-4-9-26-16-7-5-14(10-18(16)25-2)11-20-21(24)23(22(29)30-20)15-6-8-17-19(12-15)28-13-27-17/h5-8,10-12H,3-4,9,13H2,1-2H3. The summed E-state index contributed by atoms with van der Waals surface area (Å²) in [5.74, 6) is 2.41. The van der Waals surface area contributed by atoms with E-state index in [4.69, 9.17) is 31.2 Å². The predicted molar refractivity (Wildman–Crippen MR) is 122 cm³/mol. The summed E-state index contributed by atoms with van der Waals surface area (Å²) in [5, 5.41) is 0. The molecule has 1 amide bonds. The molecule has 0 bridgehead atoms. The van der Waals surface area contributed by atoms with Crippen LogP contribution in [0, 0.1) is 0 Å². The van der Waals surface area contributed by atoms with E-state index in [2.05, 4.69) is 6.92 Å². The Bertz CT molecular complexity index is 1020. The van der Waals surface area contributed by atoms with Gasteiger partial charge in [-0.3, -0.25) is 9.69 Å². The monoisotopic (exact) mass is 443 g/mol. The lowest BCUT2D eigenvalue weighted by Crippen LogP contribution is -2.27. The minimum Gasteiger partial charge on any atom is -0.493 e. The van der Waals surface area contributed by atoms with Gasteiger partial charge in [-0.15, -0.1) is 0 Å². The van der Waals surface area contributed by atoms with Crippen molar-refractivity contribution in [2.45, 2.75) is 19.8 Å². The van der Waals surface area contributed by atoms with Crippen molar-refractivity contribution in [2.24, 2.45) is 0 Å². The van der Waals surface area contributed by atoms with E-state index in [0.717, 1.165) is 18.4 Å². The molecule has 0 unspecified atom stereocenters. The number of fused-ring (bicyclic) bond motifs is 1. The summed E-state index contributed by atoms with van der Waals surface area (Å²) in [6, 6.07) is 11.0. The van der Waals surface area contributed by atoms with Crippen LogP contribution in [0.15, 0.2) is 41.3 Å². The van der Waals surface area contributed by atoms with Gasteiger partial charge in [0, 0.05) is 6.07 Å². The van der Waals surface area contributed by atoms with E-state index >= 15 is 0 Å². The van der Waals surface area contributed by atoms with Crippen LogP contribution in [0.25, 0.3) is 6.08 Å². The summed E-state index contributed by atoms with van der Waals surface area (Å²) < 4.78 is 22.4. The number of ether oxygens (including phenoxy) is 4. The van der Waals surface area contributed by atoms with Crippen molar-refractivity contribution >= 4 is 46.0 Å². The van der Waals surface area contributed by atoms with Crippen molar-refractivity contribution in [3.05, 3.63) is 46.9 Å². The number of carbonyl (C=O) groups excluding carboxylic acids is 1. The lowest BCUT2D eigenvalue weighted by atomic mass is 10.1. The van der Waals surface area contributed by atoms with Gasteiger partial charge in [0.25, 0.3) is 5.91 Å². The quantitative estimate of drug-likeness (QED) is 0.339. The van der Waals surface area contributed by atoms with E-state index in [9.17, 15) is 4.79 Å². The first kappa shape index (κ1) is 20.6. The van der Waals surface area contributed by atoms with Crippen LogP contribution in [0.5, 0.6) is 23.0 Å². The third-order valence-electron chi connectivity index (χ3n) is 4.65. The van der Waals surface area contributed by atoms with Crippen molar-refractivity contribution in [1.82, 2.24) is 0 Å². The summed E-state index contributed by atoms with van der Waals surface area (Å²) >= 11 is 6.72. The Hall–Kier alpha value is -2.71.